The van der Waals surface area contributed by atoms with E-state index in [4.69, 9.17) is 0 Å². The van der Waals surface area contributed by atoms with Crippen molar-refractivity contribution in [1.29, 1.82) is 0 Å². The summed E-state index contributed by atoms with van der Waals surface area (Å²) in [6.07, 6.45) is 3.78. The Kier molecular flexibility index (Phi) is 9.15. The van der Waals surface area contributed by atoms with E-state index in [1.165, 1.54) is 0 Å². The lowest BCUT2D eigenvalue weighted by Crippen LogP contribution is -2.23. The third kappa shape index (κ3) is 9.11. The zero-order chi connectivity index (χ0) is 12.2. The standard InChI is InChI=1S/C10H20N4O2/c1-3-5-7-11-9(15)13-14-10(16)12-8-6-4-2/h3-8H2,1-2H3,(H,11,15)(H,12,16)/b14-13+. The maximum absolute atomic E-state index is 11.0. The Hall–Kier alpha value is -1.46. The molecule has 0 saturated carbocycles. The van der Waals surface area contributed by atoms with Crippen LogP contribution in [0.5, 0.6) is 0 Å². The van der Waals surface area contributed by atoms with Gasteiger partial charge >= 0.3 is 12.1 Å². The fourth-order valence-corrected chi connectivity index (χ4v) is 0.906. The second-order valence-corrected chi connectivity index (χ2v) is 3.37. The SMILES string of the molecule is CCCCNC(=O)/N=N/C(=O)NCCCC. The molecular formula is C10H20N4O2. The van der Waals surface area contributed by atoms with Gasteiger partial charge in [0.2, 0.25) is 0 Å². The number of unbranched alkanes of at least 4 members (excludes halogenated alkanes) is 2. The third-order valence-corrected chi connectivity index (χ3v) is 1.84. The van der Waals surface area contributed by atoms with Crippen molar-refractivity contribution in [2.75, 3.05) is 13.1 Å². The Morgan fingerprint density at radius 3 is 1.56 bits per heavy atom. The van der Waals surface area contributed by atoms with E-state index in [9.17, 15) is 9.59 Å². The van der Waals surface area contributed by atoms with Crippen LogP contribution in [0, 0.1) is 0 Å². The summed E-state index contributed by atoms with van der Waals surface area (Å²) in [6.45, 7) is 5.17. The second-order valence-electron chi connectivity index (χ2n) is 3.37. The van der Waals surface area contributed by atoms with Crippen LogP contribution in [-0.4, -0.2) is 25.2 Å². The summed E-state index contributed by atoms with van der Waals surface area (Å²) in [5, 5.41) is 11.5. The maximum atomic E-state index is 11.0. The number of nitrogens with zero attached hydrogens (tertiary/aromatic N) is 2. The highest BCUT2D eigenvalue weighted by atomic mass is 16.2. The molecule has 0 atom stereocenters. The van der Waals surface area contributed by atoms with E-state index in [0.29, 0.717) is 13.1 Å². The van der Waals surface area contributed by atoms with Crippen LogP contribution in [0.4, 0.5) is 9.59 Å². The molecule has 0 aliphatic heterocycles. The molecule has 0 bridgehead atoms. The predicted molar refractivity (Wildman–Crippen MR) is 61.5 cm³/mol. The minimum atomic E-state index is -0.570. The second kappa shape index (κ2) is 10.1. The predicted octanol–water partition coefficient (Wildman–Crippen LogP) is 2.46. The van der Waals surface area contributed by atoms with Crippen molar-refractivity contribution in [3.05, 3.63) is 0 Å². The number of azo groups is 1. The zero-order valence-corrected chi connectivity index (χ0v) is 9.95. The fourth-order valence-electron chi connectivity index (χ4n) is 0.906. The number of carbonyl (C=O) groups excluding carboxylic acids is 2. The first-order chi connectivity index (χ1) is 7.70. The van der Waals surface area contributed by atoms with Gasteiger partial charge in [-0.3, -0.25) is 0 Å². The highest BCUT2D eigenvalue weighted by Crippen LogP contribution is 1.87. The van der Waals surface area contributed by atoms with Crippen LogP contribution in [0.15, 0.2) is 10.2 Å². The molecule has 0 rings (SSSR count). The van der Waals surface area contributed by atoms with Crippen LogP contribution in [0.25, 0.3) is 0 Å². The molecule has 0 heterocycles. The summed E-state index contributed by atoms with van der Waals surface area (Å²) < 4.78 is 0. The van der Waals surface area contributed by atoms with E-state index in [1.54, 1.807) is 0 Å². The Morgan fingerprint density at radius 2 is 1.25 bits per heavy atom. The molecule has 2 N–H and O–H groups in total. The summed E-state index contributed by atoms with van der Waals surface area (Å²) in [4.78, 5) is 22.0. The lowest BCUT2D eigenvalue weighted by Gasteiger charge is -1.99. The van der Waals surface area contributed by atoms with Gasteiger partial charge in [-0.2, -0.15) is 0 Å². The molecule has 0 fully saturated rings. The highest BCUT2D eigenvalue weighted by Gasteiger charge is 1.99. The number of rotatable bonds is 6. The number of carbonyl (C=O) groups is 2. The van der Waals surface area contributed by atoms with Gasteiger partial charge < -0.3 is 10.6 Å². The zero-order valence-electron chi connectivity index (χ0n) is 9.95. The Bertz CT molecular complexity index is 217. The molecular weight excluding hydrogens is 208 g/mol. The Morgan fingerprint density at radius 1 is 0.875 bits per heavy atom. The minimum Gasteiger partial charge on any atom is -0.335 e. The van der Waals surface area contributed by atoms with E-state index < -0.39 is 12.1 Å². The molecule has 6 heteroatoms. The van der Waals surface area contributed by atoms with Gasteiger partial charge in [0.05, 0.1) is 0 Å². The van der Waals surface area contributed by atoms with Gasteiger partial charge in [-0.05, 0) is 12.8 Å². The smallest absolute Gasteiger partial charge is 0.335 e. The summed E-state index contributed by atoms with van der Waals surface area (Å²) in [6, 6.07) is -1.14. The van der Waals surface area contributed by atoms with Gasteiger partial charge in [0, 0.05) is 13.1 Å². The van der Waals surface area contributed by atoms with Crippen molar-refractivity contribution in [2.24, 2.45) is 10.2 Å². The Labute approximate surface area is 95.9 Å². The molecule has 0 aromatic heterocycles. The topological polar surface area (TPSA) is 82.9 Å². The van der Waals surface area contributed by atoms with Gasteiger partial charge in [0.15, 0.2) is 0 Å². The number of amides is 4. The van der Waals surface area contributed by atoms with Gasteiger partial charge in [0.25, 0.3) is 0 Å². The largest absolute Gasteiger partial charge is 0.359 e. The first-order valence-electron chi connectivity index (χ1n) is 5.68. The molecule has 0 radical (unpaired) electrons. The molecule has 0 aromatic rings. The van der Waals surface area contributed by atoms with Crippen LogP contribution in [0.1, 0.15) is 39.5 Å². The highest BCUT2D eigenvalue weighted by molar-refractivity contribution is 5.79. The van der Waals surface area contributed by atoms with Crippen molar-refractivity contribution in [1.82, 2.24) is 10.6 Å². The quantitative estimate of drug-likeness (QED) is 0.540. The average Bonchev–Trinajstić information content (AvgIpc) is 2.27. The summed E-state index contributed by atoms with van der Waals surface area (Å²) in [7, 11) is 0. The van der Waals surface area contributed by atoms with Gasteiger partial charge in [0.1, 0.15) is 0 Å². The molecule has 6 nitrogen and oxygen atoms in total. The van der Waals surface area contributed by atoms with E-state index >= 15 is 0 Å². The van der Waals surface area contributed by atoms with E-state index in [1.807, 2.05) is 13.8 Å². The van der Waals surface area contributed by atoms with Crippen LogP contribution in [0.2, 0.25) is 0 Å². The number of hydrogen-bond donors (Lipinski definition) is 2. The first-order valence-corrected chi connectivity index (χ1v) is 5.68. The summed E-state index contributed by atoms with van der Waals surface area (Å²) in [5.41, 5.74) is 0. The van der Waals surface area contributed by atoms with Gasteiger partial charge in [-0.1, -0.05) is 36.9 Å². The molecule has 0 aliphatic carbocycles. The number of hydrogen-bond acceptors (Lipinski definition) is 2. The normalized spacial score (nSPS) is 10.4. The van der Waals surface area contributed by atoms with Crippen LogP contribution in [0.3, 0.4) is 0 Å². The molecule has 92 valence electrons. The number of nitrogens with one attached hydrogen (secondary N) is 2. The molecule has 16 heavy (non-hydrogen) atoms. The first kappa shape index (κ1) is 14.5. The molecule has 0 aliphatic rings. The minimum absolute atomic E-state index is 0.561. The molecule has 0 spiro atoms. The molecule has 0 saturated heterocycles. The van der Waals surface area contributed by atoms with Crippen molar-refractivity contribution in [3.63, 3.8) is 0 Å². The third-order valence-electron chi connectivity index (χ3n) is 1.84. The fraction of sp³-hybridized carbons (Fsp3) is 0.800. The molecule has 0 aromatic carbocycles. The van der Waals surface area contributed by atoms with E-state index in [2.05, 4.69) is 20.9 Å². The van der Waals surface area contributed by atoms with Crippen LogP contribution in [-0.2, 0) is 0 Å². The van der Waals surface area contributed by atoms with Crippen molar-refractivity contribution >= 4 is 12.1 Å². The van der Waals surface area contributed by atoms with Crippen molar-refractivity contribution < 1.29 is 9.59 Å². The summed E-state index contributed by atoms with van der Waals surface area (Å²) >= 11 is 0. The molecule has 0 unspecified atom stereocenters. The monoisotopic (exact) mass is 228 g/mol. The average molecular weight is 228 g/mol. The van der Waals surface area contributed by atoms with Crippen LogP contribution < -0.4 is 10.6 Å². The maximum Gasteiger partial charge on any atom is 0.359 e. The lowest BCUT2D eigenvalue weighted by molar-refractivity contribution is 0.241. The van der Waals surface area contributed by atoms with E-state index in [0.717, 1.165) is 25.7 Å². The van der Waals surface area contributed by atoms with E-state index in [-0.39, 0.29) is 0 Å². The lowest BCUT2D eigenvalue weighted by atomic mass is 10.3. The van der Waals surface area contributed by atoms with Crippen molar-refractivity contribution in [3.8, 4) is 0 Å². The molecule has 4 amide bonds. The van der Waals surface area contributed by atoms with Gasteiger partial charge in [-0.15, -0.1) is 0 Å². The van der Waals surface area contributed by atoms with Crippen molar-refractivity contribution in [2.45, 2.75) is 39.5 Å². The Balaban J connectivity index is 3.63. The summed E-state index contributed by atoms with van der Waals surface area (Å²) in [5.74, 6) is 0. The van der Waals surface area contributed by atoms with Crippen LogP contribution >= 0.6 is 0 Å². The van der Waals surface area contributed by atoms with Gasteiger partial charge in [-0.25, -0.2) is 9.59 Å². The number of urea groups is 2.